The summed E-state index contributed by atoms with van der Waals surface area (Å²) in [7, 11) is 0. The molecule has 6 heteroatoms. The standard InChI is InChI=1S/C21H19N3OS2/c25-16-6-9-24(10-7-16)20-18-17(14-4-2-1-3-5-14)13-27-21(18)23-19(22-20)15-8-11-26-12-15/h1-5,8,11-13,16,25H,6-7,9-10H2. The second-order valence-electron chi connectivity index (χ2n) is 6.80. The zero-order valence-corrected chi connectivity index (χ0v) is 16.3. The molecule has 1 N–H and O–H groups in total. The highest BCUT2D eigenvalue weighted by Crippen LogP contribution is 2.40. The molecule has 0 unspecified atom stereocenters. The molecule has 1 aromatic carbocycles. The van der Waals surface area contributed by atoms with Crippen molar-refractivity contribution < 1.29 is 5.11 Å². The highest BCUT2D eigenvalue weighted by atomic mass is 32.1. The van der Waals surface area contributed by atoms with Crippen LogP contribution < -0.4 is 4.90 Å². The lowest BCUT2D eigenvalue weighted by atomic mass is 10.0. The molecule has 0 spiro atoms. The van der Waals surface area contributed by atoms with Gasteiger partial charge in [-0.3, -0.25) is 0 Å². The van der Waals surface area contributed by atoms with E-state index in [-0.39, 0.29) is 6.10 Å². The summed E-state index contributed by atoms with van der Waals surface area (Å²) in [6.07, 6.45) is 1.36. The van der Waals surface area contributed by atoms with Gasteiger partial charge < -0.3 is 10.0 Å². The Labute approximate surface area is 165 Å². The molecule has 27 heavy (non-hydrogen) atoms. The van der Waals surface area contributed by atoms with Crippen molar-refractivity contribution >= 4 is 38.7 Å². The van der Waals surface area contributed by atoms with Gasteiger partial charge in [0.2, 0.25) is 0 Å². The van der Waals surface area contributed by atoms with E-state index in [1.807, 2.05) is 6.07 Å². The Kier molecular flexibility index (Phi) is 4.39. The lowest BCUT2D eigenvalue weighted by Crippen LogP contribution is -2.36. The summed E-state index contributed by atoms with van der Waals surface area (Å²) in [4.78, 5) is 13.2. The van der Waals surface area contributed by atoms with Crippen molar-refractivity contribution in [2.75, 3.05) is 18.0 Å². The fourth-order valence-electron chi connectivity index (χ4n) is 3.58. The molecule has 0 bridgehead atoms. The third-order valence-electron chi connectivity index (χ3n) is 5.04. The van der Waals surface area contributed by atoms with Crippen LogP contribution >= 0.6 is 22.7 Å². The summed E-state index contributed by atoms with van der Waals surface area (Å²) in [5, 5.41) is 17.4. The Morgan fingerprint density at radius 1 is 0.963 bits per heavy atom. The minimum Gasteiger partial charge on any atom is -0.393 e. The van der Waals surface area contributed by atoms with Gasteiger partial charge in [-0.15, -0.1) is 11.3 Å². The van der Waals surface area contributed by atoms with Crippen molar-refractivity contribution in [3.05, 3.63) is 52.5 Å². The third kappa shape index (κ3) is 3.14. The topological polar surface area (TPSA) is 49.2 Å². The first-order valence-electron chi connectivity index (χ1n) is 9.10. The van der Waals surface area contributed by atoms with Gasteiger partial charge in [-0.25, -0.2) is 9.97 Å². The quantitative estimate of drug-likeness (QED) is 0.529. The lowest BCUT2D eigenvalue weighted by Gasteiger charge is -2.31. The zero-order chi connectivity index (χ0) is 18.2. The van der Waals surface area contributed by atoms with E-state index in [4.69, 9.17) is 9.97 Å². The summed E-state index contributed by atoms with van der Waals surface area (Å²) in [6, 6.07) is 12.5. The Morgan fingerprint density at radius 3 is 2.52 bits per heavy atom. The highest BCUT2D eigenvalue weighted by Gasteiger charge is 2.24. The summed E-state index contributed by atoms with van der Waals surface area (Å²) in [6.45, 7) is 1.64. The SMILES string of the molecule is OC1CCN(c2nc(-c3ccsc3)nc3scc(-c4ccccc4)c23)CC1. The summed E-state index contributed by atoms with van der Waals surface area (Å²) < 4.78 is 0. The Balaban J connectivity index is 1.71. The number of rotatable bonds is 3. The van der Waals surface area contributed by atoms with E-state index >= 15 is 0 Å². The van der Waals surface area contributed by atoms with Gasteiger partial charge in [0.05, 0.1) is 11.5 Å². The van der Waals surface area contributed by atoms with Crippen molar-refractivity contribution in [1.82, 2.24) is 9.97 Å². The van der Waals surface area contributed by atoms with Crippen LogP contribution in [-0.4, -0.2) is 34.3 Å². The predicted molar refractivity (Wildman–Crippen MR) is 114 cm³/mol. The molecule has 4 heterocycles. The molecule has 1 fully saturated rings. The van der Waals surface area contributed by atoms with Crippen LogP contribution in [0.4, 0.5) is 5.82 Å². The van der Waals surface area contributed by atoms with Crippen LogP contribution in [0, 0.1) is 0 Å². The molecule has 0 amide bonds. The number of piperidine rings is 1. The van der Waals surface area contributed by atoms with Crippen molar-refractivity contribution in [3.63, 3.8) is 0 Å². The molecular formula is C21H19N3OS2. The fraction of sp³-hybridized carbons (Fsp3) is 0.238. The fourth-order valence-corrected chi connectivity index (χ4v) is 5.16. The molecular weight excluding hydrogens is 374 g/mol. The molecule has 4 nitrogen and oxygen atoms in total. The molecule has 0 atom stereocenters. The molecule has 0 aliphatic carbocycles. The number of nitrogens with zero attached hydrogens (tertiary/aromatic N) is 3. The van der Waals surface area contributed by atoms with E-state index in [0.717, 1.165) is 53.4 Å². The van der Waals surface area contributed by atoms with Gasteiger partial charge in [0.15, 0.2) is 5.82 Å². The lowest BCUT2D eigenvalue weighted by molar-refractivity contribution is 0.145. The predicted octanol–water partition coefficient (Wildman–Crippen LogP) is 5.05. The van der Waals surface area contributed by atoms with Crippen LogP contribution in [0.25, 0.3) is 32.7 Å². The normalized spacial score (nSPS) is 15.5. The number of thiophene rings is 2. The maximum absolute atomic E-state index is 9.93. The Hall–Kier alpha value is -2.28. The van der Waals surface area contributed by atoms with Crippen LogP contribution in [0.3, 0.4) is 0 Å². The zero-order valence-electron chi connectivity index (χ0n) is 14.7. The number of anilines is 1. The van der Waals surface area contributed by atoms with Gasteiger partial charge in [-0.1, -0.05) is 30.3 Å². The minimum absolute atomic E-state index is 0.203. The first-order chi connectivity index (χ1) is 13.3. The van der Waals surface area contributed by atoms with Gasteiger partial charge in [-0.05, 0) is 29.9 Å². The van der Waals surface area contributed by atoms with Crippen LogP contribution in [0.1, 0.15) is 12.8 Å². The average Bonchev–Trinajstić information content (AvgIpc) is 3.39. The van der Waals surface area contributed by atoms with Crippen LogP contribution in [0.15, 0.2) is 52.5 Å². The van der Waals surface area contributed by atoms with Gasteiger partial charge in [0.25, 0.3) is 0 Å². The van der Waals surface area contributed by atoms with Crippen LogP contribution in [0.2, 0.25) is 0 Å². The summed E-state index contributed by atoms with van der Waals surface area (Å²) in [5.41, 5.74) is 3.44. The molecule has 1 aliphatic rings. The van der Waals surface area contributed by atoms with Gasteiger partial charge in [0, 0.05) is 35.0 Å². The number of fused-ring (bicyclic) bond motifs is 1. The molecule has 4 aromatic rings. The van der Waals surface area contributed by atoms with E-state index in [0.29, 0.717) is 0 Å². The van der Waals surface area contributed by atoms with Gasteiger partial charge in [-0.2, -0.15) is 11.3 Å². The largest absolute Gasteiger partial charge is 0.393 e. The number of aliphatic hydroxyl groups excluding tert-OH is 1. The second-order valence-corrected chi connectivity index (χ2v) is 8.43. The van der Waals surface area contributed by atoms with Crippen molar-refractivity contribution in [2.24, 2.45) is 0 Å². The van der Waals surface area contributed by atoms with Crippen LogP contribution in [-0.2, 0) is 0 Å². The molecule has 1 aliphatic heterocycles. The second kappa shape index (κ2) is 7.03. The van der Waals surface area contributed by atoms with Crippen molar-refractivity contribution in [2.45, 2.75) is 18.9 Å². The Morgan fingerprint density at radius 2 is 1.78 bits per heavy atom. The molecule has 0 saturated carbocycles. The van der Waals surface area contributed by atoms with Crippen molar-refractivity contribution in [1.29, 1.82) is 0 Å². The first-order valence-corrected chi connectivity index (χ1v) is 10.9. The monoisotopic (exact) mass is 393 g/mol. The van der Waals surface area contributed by atoms with Crippen molar-refractivity contribution in [3.8, 4) is 22.5 Å². The number of aromatic nitrogens is 2. The molecule has 136 valence electrons. The van der Waals surface area contributed by atoms with E-state index in [2.05, 4.69) is 51.4 Å². The molecule has 0 radical (unpaired) electrons. The minimum atomic E-state index is -0.203. The third-order valence-corrected chi connectivity index (χ3v) is 6.60. The molecule has 1 saturated heterocycles. The summed E-state index contributed by atoms with van der Waals surface area (Å²) in [5.74, 6) is 1.78. The molecule has 5 rings (SSSR count). The van der Waals surface area contributed by atoms with E-state index in [9.17, 15) is 5.11 Å². The Bertz CT molecular complexity index is 1050. The van der Waals surface area contributed by atoms with E-state index < -0.39 is 0 Å². The van der Waals surface area contributed by atoms with Crippen LogP contribution in [0.5, 0.6) is 0 Å². The van der Waals surface area contributed by atoms with E-state index in [1.54, 1.807) is 22.7 Å². The van der Waals surface area contributed by atoms with E-state index in [1.165, 1.54) is 11.1 Å². The number of benzene rings is 1. The van der Waals surface area contributed by atoms with Gasteiger partial charge >= 0.3 is 0 Å². The first kappa shape index (κ1) is 16.9. The smallest absolute Gasteiger partial charge is 0.163 e. The number of hydrogen-bond acceptors (Lipinski definition) is 6. The number of aliphatic hydroxyl groups is 1. The molecule has 3 aromatic heterocycles. The number of hydrogen-bond donors (Lipinski definition) is 1. The average molecular weight is 394 g/mol. The summed E-state index contributed by atoms with van der Waals surface area (Å²) >= 11 is 3.34. The van der Waals surface area contributed by atoms with Gasteiger partial charge in [0.1, 0.15) is 10.6 Å². The highest BCUT2D eigenvalue weighted by molar-refractivity contribution is 7.17. The maximum Gasteiger partial charge on any atom is 0.163 e. The maximum atomic E-state index is 9.93.